The number of aliphatic hydroxyl groups excluding tert-OH is 1. The van der Waals surface area contributed by atoms with Crippen molar-refractivity contribution in [1.82, 2.24) is 20.6 Å². The number of aromatic nitrogens is 2. The minimum absolute atomic E-state index is 0.0996. The van der Waals surface area contributed by atoms with Crippen molar-refractivity contribution in [2.75, 3.05) is 13.1 Å². The Morgan fingerprint density at radius 2 is 1.51 bits per heavy atom. The summed E-state index contributed by atoms with van der Waals surface area (Å²) >= 11 is 0. The number of quaternary nitrogens is 1. The highest BCUT2D eigenvalue weighted by molar-refractivity contribution is 5.91. The molecule has 1 amide bonds. The number of amides is 1. The van der Waals surface area contributed by atoms with E-state index in [1.54, 1.807) is 0 Å². The van der Waals surface area contributed by atoms with Crippen LogP contribution >= 0.6 is 0 Å². The summed E-state index contributed by atoms with van der Waals surface area (Å²) in [5.74, 6) is 2.84. The Hall–Kier alpha value is -4.17. The molecular formula is C50H64N5O2+. The summed E-state index contributed by atoms with van der Waals surface area (Å²) in [5, 5.41) is 24.2. The van der Waals surface area contributed by atoms with E-state index in [9.17, 15) is 5.11 Å². The molecule has 2 aliphatic heterocycles. The molecule has 10 atom stereocenters. The van der Waals surface area contributed by atoms with E-state index in [2.05, 4.69) is 110 Å². The Kier molecular flexibility index (Phi) is 12.1. The molecule has 5 N–H and O–H groups in total. The van der Waals surface area contributed by atoms with Crippen molar-refractivity contribution >= 4 is 27.7 Å². The molecule has 7 heteroatoms. The van der Waals surface area contributed by atoms with Gasteiger partial charge in [0.1, 0.15) is 12.1 Å². The Morgan fingerprint density at radius 3 is 2.30 bits per heavy atom. The molecule has 0 spiro atoms. The first-order chi connectivity index (χ1) is 27.9. The molecule has 3 aliphatic rings. The lowest BCUT2D eigenvalue weighted by Gasteiger charge is -2.41. The second-order valence-corrected chi connectivity index (χ2v) is 17.6. The Balaban J connectivity index is 1.13. The molecule has 5 aromatic rings. The molecule has 2 aromatic heterocycles. The van der Waals surface area contributed by atoms with Crippen molar-refractivity contribution in [3.63, 3.8) is 0 Å². The van der Waals surface area contributed by atoms with Gasteiger partial charge < -0.3 is 21.1 Å². The van der Waals surface area contributed by atoms with Crippen molar-refractivity contribution in [1.29, 1.82) is 0 Å². The number of carbonyl (C=O) groups excluding carboxylic acids is 1. The fourth-order valence-corrected chi connectivity index (χ4v) is 11.5. The van der Waals surface area contributed by atoms with E-state index in [4.69, 9.17) is 9.97 Å². The molecule has 3 fully saturated rings. The maximum atomic E-state index is 15.5. The van der Waals surface area contributed by atoms with Gasteiger partial charge in [-0.3, -0.25) is 14.8 Å². The van der Waals surface area contributed by atoms with Gasteiger partial charge >= 0.3 is 0 Å². The number of aliphatic hydroxyl groups is 1. The van der Waals surface area contributed by atoms with Crippen LogP contribution in [0.3, 0.4) is 0 Å². The normalized spacial score (nSPS) is 29.0. The second kappa shape index (κ2) is 17.4. The highest BCUT2D eigenvalue weighted by Crippen LogP contribution is 2.50. The molecular weight excluding hydrogens is 703 g/mol. The van der Waals surface area contributed by atoms with E-state index in [1.165, 1.54) is 12.0 Å². The molecule has 1 saturated carbocycles. The van der Waals surface area contributed by atoms with Gasteiger partial charge in [0.15, 0.2) is 0 Å². The number of nitrogens with one attached hydrogen (secondary N) is 2. The molecule has 57 heavy (non-hydrogen) atoms. The Bertz CT molecular complexity index is 2130. The number of piperidine rings is 2. The molecule has 7 nitrogen and oxygen atoms in total. The lowest BCUT2D eigenvalue weighted by Crippen LogP contribution is -2.94. The van der Waals surface area contributed by atoms with Crippen molar-refractivity contribution in [2.45, 2.75) is 121 Å². The fourth-order valence-electron chi connectivity index (χ4n) is 11.5. The van der Waals surface area contributed by atoms with Crippen LogP contribution in [0.4, 0.5) is 0 Å². The van der Waals surface area contributed by atoms with Gasteiger partial charge in [0.2, 0.25) is 5.91 Å². The van der Waals surface area contributed by atoms with Crippen LogP contribution in [0.2, 0.25) is 0 Å². The van der Waals surface area contributed by atoms with Crippen LogP contribution in [0.15, 0.2) is 97.3 Å². The van der Waals surface area contributed by atoms with E-state index in [-0.39, 0.29) is 30.0 Å². The average Bonchev–Trinajstić information content (AvgIpc) is 3.74. The van der Waals surface area contributed by atoms with Gasteiger partial charge in [0, 0.05) is 41.5 Å². The van der Waals surface area contributed by atoms with Gasteiger partial charge in [0.05, 0.1) is 29.0 Å². The number of para-hydroxylation sites is 2. The van der Waals surface area contributed by atoms with Crippen LogP contribution in [0.1, 0.15) is 126 Å². The summed E-state index contributed by atoms with van der Waals surface area (Å²) in [6.07, 6.45) is 12.2. The molecule has 300 valence electrons. The number of nitrogens with two attached hydrogens (primary N) is 1. The molecule has 4 heterocycles. The summed E-state index contributed by atoms with van der Waals surface area (Å²) < 4.78 is 0. The second-order valence-electron chi connectivity index (χ2n) is 17.6. The third kappa shape index (κ3) is 7.64. The third-order valence-electron chi connectivity index (χ3n) is 14.9. The van der Waals surface area contributed by atoms with Crippen molar-refractivity contribution in [3.8, 4) is 0 Å². The SMILES string of the molecule is CC[C@H]1CN[C@@H]([C@H](NC(=O)C2(c3ccccc3)CCC(c3cccc4c([C@H](O)[C@H]5C[C@H](CC)[C@@H](CC)C[NH2+]5)ccnc34)C2)c2ccnc3ccccc23)C[C@@H]1CC. The zero-order chi connectivity index (χ0) is 39.5. The van der Waals surface area contributed by atoms with Crippen molar-refractivity contribution in [2.24, 2.45) is 23.7 Å². The number of carbonyl (C=O) groups is 1. The number of rotatable bonds is 12. The number of pyridine rings is 2. The van der Waals surface area contributed by atoms with Gasteiger partial charge in [-0.2, -0.15) is 0 Å². The molecule has 2 unspecified atom stereocenters. The Labute approximate surface area is 339 Å². The summed E-state index contributed by atoms with van der Waals surface area (Å²) in [5.41, 5.74) is 5.56. The van der Waals surface area contributed by atoms with Gasteiger partial charge in [-0.25, -0.2) is 0 Å². The largest absolute Gasteiger partial charge is 0.382 e. The molecule has 1 aliphatic carbocycles. The smallest absolute Gasteiger partial charge is 0.231 e. The summed E-state index contributed by atoms with van der Waals surface area (Å²) in [4.78, 5) is 25.2. The number of fused-ring (bicyclic) bond motifs is 2. The van der Waals surface area contributed by atoms with Gasteiger partial charge in [0.25, 0.3) is 0 Å². The standard InChI is InChI=1S/C50H63N5O2/c1-5-32-27-44(53-30-34(32)7-3)47(41-22-25-51-43-20-13-12-17-39(41)43)55-49(57)50(37-15-10-9-11-16-37)24-21-36(29-50)38-18-14-19-40-42(23-26-52-46(38)40)48(56)45-28-33(6-2)35(8-4)31-54-45/h9-20,22-23,25-26,32-36,44-45,47-48,53-54,56H,5-8,21,24,27-31H2,1-4H3,(H,55,57)/p+1/t32-,33-,34-,35-,36?,44+,45+,47+,48-,50?/m0/s1. The predicted molar refractivity (Wildman–Crippen MR) is 231 cm³/mol. The monoisotopic (exact) mass is 767 g/mol. The van der Waals surface area contributed by atoms with Crippen LogP contribution in [0.25, 0.3) is 21.8 Å². The number of benzene rings is 3. The van der Waals surface area contributed by atoms with E-state index in [0.717, 1.165) is 96.5 Å². The van der Waals surface area contributed by atoms with Crippen LogP contribution in [0, 0.1) is 23.7 Å². The van der Waals surface area contributed by atoms with Crippen molar-refractivity contribution < 1.29 is 15.2 Å². The van der Waals surface area contributed by atoms with Crippen LogP contribution in [0.5, 0.6) is 0 Å². The molecule has 8 rings (SSSR count). The quantitative estimate of drug-likeness (QED) is 0.102. The topological polar surface area (TPSA) is 104 Å². The minimum Gasteiger partial charge on any atom is -0.382 e. The van der Waals surface area contributed by atoms with Gasteiger partial charge in [-0.1, -0.05) is 114 Å². The summed E-state index contributed by atoms with van der Waals surface area (Å²) in [6, 6.07) is 29.5. The molecule has 3 aromatic carbocycles. The lowest BCUT2D eigenvalue weighted by molar-refractivity contribution is -0.714. The zero-order valence-electron chi connectivity index (χ0n) is 34.5. The lowest BCUT2D eigenvalue weighted by atomic mass is 9.75. The highest BCUT2D eigenvalue weighted by Gasteiger charge is 2.49. The van der Waals surface area contributed by atoms with E-state index in [0.29, 0.717) is 30.1 Å². The van der Waals surface area contributed by atoms with Crippen LogP contribution in [-0.2, 0) is 10.2 Å². The fraction of sp³-hybridized carbons (Fsp3) is 0.500. The first kappa shape index (κ1) is 39.6. The molecule has 0 radical (unpaired) electrons. The predicted octanol–water partition coefficient (Wildman–Crippen LogP) is 8.68. The van der Waals surface area contributed by atoms with Crippen LogP contribution < -0.4 is 16.0 Å². The Morgan fingerprint density at radius 1 is 0.807 bits per heavy atom. The van der Waals surface area contributed by atoms with Gasteiger partial charge in [-0.15, -0.1) is 0 Å². The maximum Gasteiger partial charge on any atom is 0.231 e. The number of hydrogen-bond acceptors (Lipinski definition) is 5. The summed E-state index contributed by atoms with van der Waals surface area (Å²) in [6.45, 7) is 11.3. The third-order valence-corrected chi connectivity index (χ3v) is 14.9. The average molecular weight is 767 g/mol. The highest BCUT2D eigenvalue weighted by atomic mass is 16.3. The minimum atomic E-state index is -0.709. The number of nitrogens with zero attached hydrogens (tertiary/aromatic N) is 2. The number of hydrogen-bond donors (Lipinski definition) is 4. The molecule has 2 saturated heterocycles. The maximum absolute atomic E-state index is 15.5. The van der Waals surface area contributed by atoms with Gasteiger partial charge in [-0.05, 0) is 103 Å². The zero-order valence-corrected chi connectivity index (χ0v) is 34.5. The first-order valence-corrected chi connectivity index (χ1v) is 22.2. The van der Waals surface area contributed by atoms with E-state index >= 15 is 4.79 Å². The first-order valence-electron chi connectivity index (χ1n) is 22.2. The van der Waals surface area contributed by atoms with Crippen LogP contribution in [-0.4, -0.2) is 46.2 Å². The molecule has 0 bridgehead atoms. The van der Waals surface area contributed by atoms with E-state index < -0.39 is 11.5 Å². The summed E-state index contributed by atoms with van der Waals surface area (Å²) in [7, 11) is 0. The van der Waals surface area contributed by atoms with Crippen molar-refractivity contribution in [3.05, 3.63) is 120 Å². The van der Waals surface area contributed by atoms with E-state index in [1.807, 2.05) is 30.6 Å².